The first-order valence-corrected chi connectivity index (χ1v) is 7.46. The van der Waals surface area contributed by atoms with Crippen LogP contribution in [-0.4, -0.2) is 14.8 Å². The van der Waals surface area contributed by atoms with Gasteiger partial charge in [-0.2, -0.15) is 4.98 Å². The molecule has 0 saturated carbocycles. The van der Waals surface area contributed by atoms with Gasteiger partial charge in [0, 0.05) is 6.54 Å². The third kappa shape index (κ3) is 6.36. The first-order chi connectivity index (χ1) is 8.24. The molecule has 17 heavy (non-hydrogen) atoms. The molecule has 0 spiro atoms. The fourth-order valence-corrected chi connectivity index (χ4v) is 2.39. The van der Waals surface area contributed by atoms with Crippen LogP contribution in [0.25, 0.3) is 0 Å². The molecule has 3 nitrogen and oxygen atoms in total. The molecule has 0 aromatic carbocycles. The van der Waals surface area contributed by atoms with Crippen LogP contribution in [0, 0.1) is 0 Å². The zero-order valence-corrected chi connectivity index (χ0v) is 12.4. The highest BCUT2D eigenvalue weighted by Crippen LogP contribution is 2.11. The first kappa shape index (κ1) is 14.9. The molecule has 1 heterocycles. The van der Waals surface area contributed by atoms with Gasteiger partial charge in [-0.3, -0.25) is 0 Å². The molecule has 0 aliphatic heterocycles. The van der Waals surface area contributed by atoms with Crippen LogP contribution >= 0.6 is 25.3 Å². The van der Waals surface area contributed by atoms with Crippen molar-refractivity contribution < 1.29 is 0 Å². The van der Waals surface area contributed by atoms with Crippen molar-refractivity contribution in [2.45, 2.75) is 75.1 Å². The molecule has 5 heteroatoms. The molecule has 0 unspecified atom stereocenters. The van der Waals surface area contributed by atoms with Crippen molar-refractivity contribution in [3.05, 3.63) is 0 Å². The smallest absolute Gasteiger partial charge is 0.206 e. The minimum Gasteiger partial charge on any atom is -0.240 e. The lowest BCUT2D eigenvalue weighted by Crippen LogP contribution is -2.00. The molecule has 0 fully saturated rings. The number of hydrogen-bond donors (Lipinski definition) is 2. The second-order valence-corrected chi connectivity index (χ2v) is 5.21. The predicted molar refractivity (Wildman–Crippen MR) is 77.1 cm³/mol. The molecule has 0 radical (unpaired) electrons. The van der Waals surface area contributed by atoms with Crippen LogP contribution in [0.4, 0.5) is 0 Å². The van der Waals surface area contributed by atoms with Crippen molar-refractivity contribution in [1.29, 1.82) is 0 Å². The Balaban J connectivity index is 1.99. The highest BCUT2D eigenvalue weighted by atomic mass is 32.1. The molecule has 0 N–H and O–H groups in total. The summed E-state index contributed by atoms with van der Waals surface area (Å²) in [6, 6.07) is 0. The van der Waals surface area contributed by atoms with E-state index in [-0.39, 0.29) is 0 Å². The second kappa shape index (κ2) is 8.86. The number of hydrogen-bond acceptors (Lipinski definition) is 4. The van der Waals surface area contributed by atoms with Crippen molar-refractivity contribution >= 4 is 25.3 Å². The summed E-state index contributed by atoms with van der Waals surface area (Å²) in [7, 11) is 0. The molecule has 0 aliphatic carbocycles. The molecule has 0 amide bonds. The van der Waals surface area contributed by atoms with Crippen LogP contribution in [0.3, 0.4) is 0 Å². The predicted octanol–water partition coefficient (Wildman–Crippen LogP) is 4.00. The van der Waals surface area contributed by atoms with Gasteiger partial charge < -0.3 is 0 Å². The fraction of sp³-hybridized carbons (Fsp3) is 0.833. The topological polar surface area (TPSA) is 30.7 Å². The van der Waals surface area contributed by atoms with Crippen molar-refractivity contribution in [3.8, 4) is 0 Å². The van der Waals surface area contributed by atoms with Crippen LogP contribution in [0.15, 0.2) is 10.3 Å². The Morgan fingerprint density at radius 3 is 2.06 bits per heavy atom. The van der Waals surface area contributed by atoms with Gasteiger partial charge in [-0.05, 0) is 6.42 Å². The van der Waals surface area contributed by atoms with E-state index in [9.17, 15) is 0 Å². The lowest BCUT2D eigenvalue weighted by Gasteiger charge is -2.03. The number of rotatable bonds is 9. The Bertz CT molecular complexity index is 313. The summed E-state index contributed by atoms with van der Waals surface area (Å²) in [5.41, 5.74) is 0. The fourth-order valence-electron chi connectivity index (χ4n) is 1.87. The molecular weight excluding hydrogens is 250 g/mol. The van der Waals surface area contributed by atoms with Gasteiger partial charge in [0.05, 0.1) is 0 Å². The van der Waals surface area contributed by atoms with Crippen LogP contribution < -0.4 is 0 Å². The Hall–Kier alpha value is -0.160. The monoisotopic (exact) mass is 273 g/mol. The van der Waals surface area contributed by atoms with Gasteiger partial charge in [-0.1, -0.05) is 51.9 Å². The molecule has 1 aromatic heterocycles. The molecular formula is C12H23N3S2. The minimum absolute atomic E-state index is 0.509. The molecule has 98 valence electrons. The maximum absolute atomic E-state index is 4.24. The Labute approximate surface area is 115 Å². The zero-order valence-electron chi connectivity index (χ0n) is 10.6. The molecule has 0 saturated heterocycles. The number of thiol groups is 2. The summed E-state index contributed by atoms with van der Waals surface area (Å²) in [6.07, 6.45) is 10.6. The number of aryl methyl sites for hydroxylation is 1. The lowest BCUT2D eigenvalue weighted by atomic mass is 10.1. The lowest BCUT2D eigenvalue weighted by molar-refractivity contribution is 0.492. The van der Waals surface area contributed by atoms with Gasteiger partial charge in [0.1, 0.15) is 0 Å². The van der Waals surface area contributed by atoms with E-state index < -0.39 is 0 Å². The van der Waals surface area contributed by atoms with Crippen molar-refractivity contribution in [2.75, 3.05) is 0 Å². The summed E-state index contributed by atoms with van der Waals surface area (Å²) >= 11 is 8.34. The third-order valence-electron chi connectivity index (χ3n) is 2.86. The van der Waals surface area contributed by atoms with E-state index >= 15 is 0 Å². The summed E-state index contributed by atoms with van der Waals surface area (Å²) in [5.74, 6) is 0. The largest absolute Gasteiger partial charge is 0.240 e. The van der Waals surface area contributed by atoms with E-state index in [4.69, 9.17) is 0 Å². The molecule has 1 aromatic rings. The van der Waals surface area contributed by atoms with Crippen LogP contribution in [-0.2, 0) is 6.54 Å². The van der Waals surface area contributed by atoms with Crippen molar-refractivity contribution in [2.24, 2.45) is 0 Å². The average Bonchev–Trinajstić information content (AvgIpc) is 2.61. The van der Waals surface area contributed by atoms with Gasteiger partial charge in [0.2, 0.25) is 5.16 Å². The normalized spacial score (nSPS) is 11.0. The first-order valence-electron chi connectivity index (χ1n) is 6.56. The van der Waals surface area contributed by atoms with Gasteiger partial charge in [0.15, 0.2) is 5.16 Å². The highest BCUT2D eigenvalue weighted by molar-refractivity contribution is 7.80. The Morgan fingerprint density at radius 2 is 1.53 bits per heavy atom. The standard InChI is InChI=1S/C12H23N3S2/c1-2-3-4-5-6-7-8-9-10-15-12(17)13-11(16)14-15/h2-10H2,1H3,(H2,13,14,16,17). The van der Waals surface area contributed by atoms with Gasteiger partial charge >= 0.3 is 0 Å². The molecule has 1 rings (SSSR count). The van der Waals surface area contributed by atoms with E-state index in [0.29, 0.717) is 10.3 Å². The number of unbranched alkanes of at least 4 members (excludes halogenated alkanes) is 7. The van der Waals surface area contributed by atoms with Crippen LogP contribution in [0.1, 0.15) is 58.3 Å². The van der Waals surface area contributed by atoms with E-state index in [1.54, 1.807) is 0 Å². The van der Waals surface area contributed by atoms with Gasteiger partial charge in [-0.15, -0.1) is 30.4 Å². The molecule has 0 bridgehead atoms. The van der Waals surface area contributed by atoms with Crippen molar-refractivity contribution in [3.63, 3.8) is 0 Å². The summed E-state index contributed by atoms with van der Waals surface area (Å²) in [4.78, 5) is 4.04. The SMILES string of the molecule is CCCCCCCCCCn1nc(S)nc1S. The summed E-state index contributed by atoms with van der Waals surface area (Å²) < 4.78 is 1.82. The van der Waals surface area contributed by atoms with E-state index in [2.05, 4.69) is 42.3 Å². The minimum atomic E-state index is 0.509. The zero-order chi connectivity index (χ0) is 12.5. The quantitative estimate of drug-likeness (QED) is 0.526. The van der Waals surface area contributed by atoms with Crippen LogP contribution in [0.2, 0.25) is 0 Å². The van der Waals surface area contributed by atoms with Crippen LogP contribution in [0.5, 0.6) is 0 Å². The van der Waals surface area contributed by atoms with Crippen molar-refractivity contribution in [1.82, 2.24) is 14.8 Å². The third-order valence-corrected chi connectivity index (χ3v) is 3.38. The highest BCUT2D eigenvalue weighted by Gasteiger charge is 2.02. The number of aromatic nitrogens is 3. The van der Waals surface area contributed by atoms with E-state index in [1.807, 2.05) is 4.68 Å². The summed E-state index contributed by atoms with van der Waals surface area (Å²) in [6.45, 7) is 3.16. The maximum Gasteiger partial charge on any atom is 0.206 e. The summed E-state index contributed by atoms with van der Waals surface area (Å²) in [5, 5.41) is 5.34. The molecule has 0 atom stereocenters. The average molecular weight is 273 g/mol. The maximum atomic E-state index is 4.24. The van der Waals surface area contributed by atoms with E-state index in [0.717, 1.165) is 13.0 Å². The number of nitrogens with zero attached hydrogens (tertiary/aromatic N) is 3. The van der Waals surface area contributed by atoms with Gasteiger partial charge in [-0.25, -0.2) is 4.68 Å². The van der Waals surface area contributed by atoms with E-state index in [1.165, 1.54) is 44.9 Å². The Kier molecular flexibility index (Phi) is 7.77. The second-order valence-electron chi connectivity index (χ2n) is 4.41. The van der Waals surface area contributed by atoms with Gasteiger partial charge in [0.25, 0.3) is 0 Å². The molecule has 0 aliphatic rings. The Morgan fingerprint density at radius 1 is 0.941 bits per heavy atom.